The summed E-state index contributed by atoms with van der Waals surface area (Å²) in [5, 5.41) is 10.1. The van der Waals surface area contributed by atoms with E-state index in [2.05, 4.69) is 20.7 Å². The summed E-state index contributed by atoms with van der Waals surface area (Å²) in [6.45, 7) is 4.04. The molecule has 112 valence electrons. The van der Waals surface area contributed by atoms with Gasteiger partial charge in [-0.05, 0) is 32.4 Å². The Hall–Kier alpha value is -1.47. The first kappa shape index (κ1) is 14.9. The van der Waals surface area contributed by atoms with Crippen LogP contribution in [0.1, 0.15) is 25.7 Å². The summed E-state index contributed by atoms with van der Waals surface area (Å²) in [5.74, 6) is 0.0439. The third-order valence-electron chi connectivity index (χ3n) is 3.32. The van der Waals surface area contributed by atoms with E-state index < -0.39 is 0 Å². The fourth-order valence-electron chi connectivity index (χ4n) is 2.16. The van der Waals surface area contributed by atoms with Gasteiger partial charge in [0.15, 0.2) is 0 Å². The molecule has 1 aromatic heterocycles. The predicted octanol–water partition coefficient (Wildman–Crippen LogP) is -0.0569. The molecular formula is C13H23N5O2. The highest BCUT2D eigenvalue weighted by Crippen LogP contribution is 2.06. The molecule has 0 bridgehead atoms. The number of piperidine rings is 1. The number of aryl methyl sites for hydroxylation is 1. The summed E-state index contributed by atoms with van der Waals surface area (Å²) in [7, 11) is 0. The fourth-order valence-corrected chi connectivity index (χ4v) is 2.16. The molecule has 0 saturated carbocycles. The van der Waals surface area contributed by atoms with E-state index in [9.17, 15) is 4.79 Å². The lowest BCUT2D eigenvalue weighted by Gasteiger charge is -2.22. The monoisotopic (exact) mass is 281 g/mol. The molecule has 7 heteroatoms. The summed E-state index contributed by atoms with van der Waals surface area (Å²) < 4.78 is 7.42. The average molecular weight is 281 g/mol. The van der Waals surface area contributed by atoms with Crippen molar-refractivity contribution in [1.29, 1.82) is 0 Å². The Morgan fingerprint density at radius 2 is 2.30 bits per heavy atom. The van der Waals surface area contributed by atoms with Gasteiger partial charge in [0.25, 0.3) is 0 Å². The number of aromatic nitrogens is 3. The van der Waals surface area contributed by atoms with Gasteiger partial charge in [-0.3, -0.25) is 9.48 Å². The molecule has 1 aliphatic heterocycles. The summed E-state index contributed by atoms with van der Waals surface area (Å²) in [5.41, 5.74) is 0. The van der Waals surface area contributed by atoms with Crippen molar-refractivity contribution in [3.63, 3.8) is 0 Å². The van der Waals surface area contributed by atoms with Crippen LogP contribution in [0.25, 0.3) is 0 Å². The Morgan fingerprint density at radius 3 is 3.05 bits per heavy atom. The number of amides is 1. The third kappa shape index (κ3) is 5.66. The van der Waals surface area contributed by atoms with Crippen LogP contribution >= 0.6 is 0 Å². The lowest BCUT2D eigenvalue weighted by Crippen LogP contribution is -2.33. The quantitative estimate of drug-likeness (QED) is 0.653. The molecule has 1 saturated heterocycles. The van der Waals surface area contributed by atoms with Crippen LogP contribution in [0.3, 0.4) is 0 Å². The maximum Gasteiger partial charge on any atom is 0.221 e. The molecule has 1 amide bonds. The zero-order valence-electron chi connectivity index (χ0n) is 11.8. The molecule has 2 rings (SSSR count). The minimum Gasteiger partial charge on any atom is -0.378 e. The third-order valence-corrected chi connectivity index (χ3v) is 3.32. The maximum atomic E-state index is 11.6. The van der Waals surface area contributed by atoms with Crippen molar-refractivity contribution in [3.05, 3.63) is 12.7 Å². The fraction of sp³-hybridized carbons (Fsp3) is 0.769. The molecule has 0 aromatic carbocycles. The Labute approximate surface area is 119 Å². The standard InChI is InChI=1S/C13H23N5O2/c19-13(4-8-18-11-15-10-17-18)16-5-1-9-20-12-2-6-14-7-3-12/h10-12,14H,1-9H2,(H,16,19). The predicted molar refractivity (Wildman–Crippen MR) is 74.1 cm³/mol. The minimum absolute atomic E-state index is 0.0439. The number of nitrogens with one attached hydrogen (secondary N) is 2. The van der Waals surface area contributed by atoms with E-state index in [-0.39, 0.29) is 5.91 Å². The SMILES string of the molecule is O=C(CCn1cncn1)NCCCOC1CCNCC1. The molecule has 0 radical (unpaired) electrons. The number of carbonyl (C=O) groups excluding carboxylic acids is 1. The zero-order valence-corrected chi connectivity index (χ0v) is 11.8. The molecule has 1 aliphatic rings. The van der Waals surface area contributed by atoms with Crippen LogP contribution < -0.4 is 10.6 Å². The van der Waals surface area contributed by atoms with Crippen LogP contribution in [-0.4, -0.2) is 53.0 Å². The molecule has 2 heterocycles. The minimum atomic E-state index is 0.0439. The van der Waals surface area contributed by atoms with E-state index in [0.29, 0.717) is 32.2 Å². The first-order valence-corrected chi connectivity index (χ1v) is 7.26. The van der Waals surface area contributed by atoms with Gasteiger partial charge in [-0.2, -0.15) is 5.10 Å². The van der Waals surface area contributed by atoms with Gasteiger partial charge in [0, 0.05) is 19.6 Å². The smallest absolute Gasteiger partial charge is 0.221 e. The number of nitrogens with zero attached hydrogens (tertiary/aromatic N) is 3. The van der Waals surface area contributed by atoms with Crippen LogP contribution in [-0.2, 0) is 16.1 Å². The number of carbonyl (C=O) groups is 1. The van der Waals surface area contributed by atoms with Gasteiger partial charge >= 0.3 is 0 Å². The van der Waals surface area contributed by atoms with Crippen molar-refractivity contribution in [3.8, 4) is 0 Å². The van der Waals surface area contributed by atoms with Gasteiger partial charge in [-0.1, -0.05) is 0 Å². The molecule has 2 N–H and O–H groups in total. The van der Waals surface area contributed by atoms with Crippen LogP contribution in [0.5, 0.6) is 0 Å². The molecule has 0 aliphatic carbocycles. The van der Waals surface area contributed by atoms with Crippen molar-refractivity contribution in [2.24, 2.45) is 0 Å². The Bertz CT molecular complexity index is 376. The van der Waals surface area contributed by atoms with E-state index in [4.69, 9.17) is 4.74 Å². The topological polar surface area (TPSA) is 81.1 Å². The van der Waals surface area contributed by atoms with Crippen molar-refractivity contribution in [1.82, 2.24) is 25.4 Å². The van der Waals surface area contributed by atoms with Gasteiger partial charge in [0.05, 0.1) is 12.6 Å². The second kappa shape index (κ2) is 8.65. The average Bonchev–Trinajstić information content (AvgIpc) is 2.99. The normalized spacial score (nSPS) is 16.2. The first-order chi connectivity index (χ1) is 9.84. The molecule has 1 aromatic rings. The van der Waals surface area contributed by atoms with Crippen molar-refractivity contribution in [2.45, 2.75) is 38.3 Å². The molecule has 1 fully saturated rings. The van der Waals surface area contributed by atoms with E-state index >= 15 is 0 Å². The van der Waals surface area contributed by atoms with Gasteiger partial charge in [-0.15, -0.1) is 0 Å². The maximum absolute atomic E-state index is 11.6. The number of ether oxygens (including phenoxy) is 1. The lowest BCUT2D eigenvalue weighted by atomic mass is 10.1. The van der Waals surface area contributed by atoms with Gasteiger partial charge in [-0.25, -0.2) is 4.98 Å². The summed E-state index contributed by atoms with van der Waals surface area (Å²) in [6.07, 6.45) is 6.93. The van der Waals surface area contributed by atoms with E-state index in [1.165, 1.54) is 6.33 Å². The highest BCUT2D eigenvalue weighted by atomic mass is 16.5. The lowest BCUT2D eigenvalue weighted by molar-refractivity contribution is -0.121. The summed E-state index contributed by atoms with van der Waals surface area (Å²) in [6, 6.07) is 0. The van der Waals surface area contributed by atoms with Crippen LogP contribution in [0.4, 0.5) is 0 Å². The first-order valence-electron chi connectivity index (χ1n) is 7.26. The molecule has 7 nitrogen and oxygen atoms in total. The van der Waals surface area contributed by atoms with Crippen LogP contribution in [0.2, 0.25) is 0 Å². The molecule has 0 atom stereocenters. The van der Waals surface area contributed by atoms with Crippen molar-refractivity contribution in [2.75, 3.05) is 26.2 Å². The van der Waals surface area contributed by atoms with E-state index in [0.717, 1.165) is 32.4 Å². The van der Waals surface area contributed by atoms with Crippen LogP contribution in [0, 0.1) is 0 Å². The van der Waals surface area contributed by atoms with Gasteiger partial charge < -0.3 is 15.4 Å². The highest BCUT2D eigenvalue weighted by Gasteiger charge is 2.12. The zero-order chi connectivity index (χ0) is 14.0. The summed E-state index contributed by atoms with van der Waals surface area (Å²) in [4.78, 5) is 15.4. The molecule has 0 spiro atoms. The molecule has 0 unspecified atom stereocenters. The van der Waals surface area contributed by atoms with E-state index in [1.807, 2.05) is 0 Å². The molecule has 20 heavy (non-hydrogen) atoms. The van der Waals surface area contributed by atoms with Gasteiger partial charge in [0.2, 0.25) is 5.91 Å². The van der Waals surface area contributed by atoms with Crippen molar-refractivity contribution < 1.29 is 9.53 Å². The van der Waals surface area contributed by atoms with Crippen molar-refractivity contribution >= 4 is 5.91 Å². The summed E-state index contributed by atoms with van der Waals surface area (Å²) >= 11 is 0. The second-order valence-electron chi connectivity index (χ2n) is 4.93. The Balaban J connectivity index is 1.45. The second-order valence-corrected chi connectivity index (χ2v) is 4.93. The number of hydrogen-bond acceptors (Lipinski definition) is 5. The highest BCUT2D eigenvalue weighted by molar-refractivity contribution is 5.75. The largest absolute Gasteiger partial charge is 0.378 e. The van der Waals surface area contributed by atoms with E-state index in [1.54, 1.807) is 11.0 Å². The van der Waals surface area contributed by atoms with Crippen LogP contribution in [0.15, 0.2) is 12.7 Å². The number of hydrogen-bond donors (Lipinski definition) is 2. The molecular weight excluding hydrogens is 258 g/mol. The van der Waals surface area contributed by atoms with Gasteiger partial charge in [0.1, 0.15) is 12.7 Å². The Kier molecular flexibility index (Phi) is 6.46. The Morgan fingerprint density at radius 1 is 1.45 bits per heavy atom. The number of rotatable bonds is 8.